The van der Waals surface area contributed by atoms with Crippen LogP contribution in [0.2, 0.25) is 0 Å². The molecular formula is C22H26IrNO2-. The predicted octanol–water partition coefficient (Wildman–Crippen LogP) is 4.45. The predicted molar refractivity (Wildman–Crippen MR) is 103 cm³/mol. The summed E-state index contributed by atoms with van der Waals surface area (Å²) in [5.41, 5.74) is 5.61. The summed E-state index contributed by atoms with van der Waals surface area (Å²) in [6.45, 7) is 7.54. The van der Waals surface area contributed by atoms with Gasteiger partial charge >= 0.3 is 0 Å². The Kier molecular flexibility index (Phi) is 9.10. The van der Waals surface area contributed by atoms with Gasteiger partial charge in [-0.1, -0.05) is 44.2 Å². The molecule has 0 spiro atoms. The van der Waals surface area contributed by atoms with Gasteiger partial charge in [-0.3, -0.25) is 4.98 Å². The van der Waals surface area contributed by atoms with Crippen molar-refractivity contribution in [2.45, 2.75) is 46.3 Å². The van der Waals surface area contributed by atoms with Crippen LogP contribution in [0.25, 0.3) is 22.2 Å². The molecular weight excluding hydrogens is 502 g/mol. The van der Waals surface area contributed by atoms with Gasteiger partial charge in [-0.2, -0.15) is 0 Å². The van der Waals surface area contributed by atoms with Crippen LogP contribution in [0.5, 0.6) is 0 Å². The first kappa shape index (κ1) is 22.5. The fourth-order valence-electron chi connectivity index (χ4n) is 2.53. The summed E-state index contributed by atoms with van der Waals surface area (Å²) in [6, 6.07) is 19.8. The van der Waals surface area contributed by atoms with Gasteiger partial charge in [0.25, 0.3) is 0 Å². The van der Waals surface area contributed by atoms with Crippen molar-refractivity contribution in [1.29, 1.82) is 0 Å². The van der Waals surface area contributed by atoms with E-state index in [1.807, 2.05) is 24.3 Å². The van der Waals surface area contributed by atoms with E-state index in [-0.39, 0.29) is 32.3 Å². The maximum atomic E-state index is 8.56. The van der Waals surface area contributed by atoms with E-state index in [1.165, 1.54) is 16.5 Å². The second kappa shape index (κ2) is 10.5. The Balaban J connectivity index is 0.000000366. The van der Waals surface area contributed by atoms with Crippen molar-refractivity contribution in [3.8, 4) is 11.3 Å². The Hall–Kier alpha value is -1.58. The third kappa shape index (κ3) is 6.62. The van der Waals surface area contributed by atoms with E-state index in [2.05, 4.69) is 49.2 Å². The number of nitrogens with zero attached hydrogens (tertiary/aromatic N) is 1. The first-order valence-electron chi connectivity index (χ1n) is 8.58. The fourth-order valence-corrected chi connectivity index (χ4v) is 2.53. The average Bonchev–Trinajstić information content (AvgIpc) is 2.56. The summed E-state index contributed by atoms with van der Waals surface area (Å²) in [6.07, 6.45) is -0.278. The molecule has 2 aromatic carbocycles. The van der Waals surface area contributed by atoms with Gasteiger partial charge in [0.2, 0.25) is 0 Å². The molecule has 0 fully saturated rings. The van der Waals surface area contributed by atoms with Crippen LogP contribution in [0.4, 0.5) is 0 Å². The third-order valence-electron chi connectivity index (χ3n) is 3.98. The van der Waals surface area contributed by atoms with Crippen molar-refractivity contribution in [2.24, 2.45) is 0 Å². The number of hydrogen-bond donors (Lipinski definition) is 2. The van der Waals surface area contributed by atoms with Crippen molar-refractivity contribution < 1.29 is 30.3 Å². The van der Waals surface area contributed by atoms with Gasteiger partial charge in [-0.05, 0) is 37.4 Å². The third-order valence-corrected chi connectivity index (χ3v) is 3.98. The number of hydrogen-bond acceptors (Lipinski definition) is 3. The number of aryl methyl sites for hydroxylation is 2. The smallest absolute Gasteiger partial charge is 0.0595 e. The fraction of sp³-hybridized carbons (Fsp3) is 0.318. The average molecular weight is 529 g/mol. The Labute approximate surface area is 169 Å². The largest absolute Gasteiger partial charge is 0.393 e. The van der Waals surface area contributed by atoms with Gasteiger partial charge in [0.15, 0.2) is 0 Å². The number of aliphatic hydroxyl groups is 2. The van der Waals surface area contributed by atoms with Crippen molar-refractivity contribution in [3.63, 3.8) is 0 Å². The van der Waals surface area contributed by atoms with E-state index in [9.17, 15) is 0 Å². The molecule has 141 valence electrons. The number of pyridine rings is 1. The Morgan fingerprint density at radius 1 is 0.962 bits per heavy atom. The van der Waals surface area contributed by atoms with Gasteiger partial charge in [0.05, 0.1) is 17.7 Å². The van der Waals surface area contributed by atoms with E-state index >= 15 is 0 Å². The molecule has 1 aromatic heterocycles. The summed E-state index contributed by atoms with van der Waals surface area (Å²) in [7, 11) is 0. The number of rotatable bonds is 3. The summed E-state index contributed by atoms with van der Waals surface area (Å²) >= 11 is 0. The minimum Gasteiger partial charge on any atom is -0.393 e. The van der Waals surface area contributed by atoms with E-state index in [0.29, 0.717) is 6.42 Å². The van der Waals surface area contributed by atoms with E-state index < -0.39 is 0 Å². The number of para-hydroxylation sites is 1. The Morgan fingerprint density at radius 2 is 1.62 bits per heavy atom. The van der Waals surface area contributed by atoms with Crippen molar-refractivity contribution in [3.05, 3.63) is 65.7 Å². The summed E-state index contributed by atoms with van der Waals surface area (Å²) in [5.74, 6) is 0. The maximum Gasteiger partial charge on any atom is 0.0595 e. The molecule has 0 aliphatic carbocycles. The Bertz CT molecular complexity index is 825. The monoisotopic (exact) mass is 529 g/mol. The zero-order valence-corrected chi connectivity index (χ0v) is 18.1. The standard InChI is InChI=1S/C17H14N.C5H12O2.Ir/c1-12-7-8-15(11-13(12)2)17-10-9-14-5-3-4-6-16(14)18-17;1-4(6)3-5(2)7;/h3-7,9-11H,1-2H3;4-7H,3H2,1-2H3;/q-1;;. The maximum absolute atomic E-state index is 8.56. The minimum atomic E-state index is -0.375. The normalized spacial score (nSPS) is 12.5. The SMILES string of the molecule is CC(O)CC(C)O.Cc1c[c-]c(-c2ccc3ccccc3n2)cc1C.[Ir]. The van der Waals surface area contributed by atoms with Crippen LogP contribution in [-0.4, -0.2) is 27.4 Å². The first-order valence-corrected chi connectivity index (χ1v) is 8.58. The molecule has 0 aliphatic rings. The van der Waals surface area contributed by atoms with Gasteiger partial charge < -0.3 is 10.2 Å². The molecule has 3 nitrogen and oxygen atoms in total. The van der Waals surface area contributed by atoms with Crippen LogP contribution in [0.15, 0.2) is 48.5 Å². The molecule has 3 aromatic rings. The number of benzene rings is 2. The number of aromatic nitrogens is 1. The molecule has 1 heterocycles. The summed E-state index contributed by atoms with van der Waals surface area (Å²) in [5, 5.41) is 18.3. The molecule has 0 saturated carbocycles. The van der Waals surface area contributed by atoms with Crippen LogP contribution in [-0.2, 0) is 20.1 Å². The molecule has 2 unspecified atom stereocenters. The van der Waals surface area contributed by atoms with Crippen LogP contribution >= 0.6 is 0 Å². The molecule has 0 amide bonds. The van der Waals surface area contributed by atoms with E-state index in [0.717, 1.165) is 16.8 Å². The zero-order valence-electron chi connectivity index (χ0n) is 15.7. The summed E-state index contributed by atoms with van der Waals surface area (Å²) in [4.78, 5) is 4.68. The first-order chi connectivity index (χ1) is 11.9. The van der Waals surface area contributed by atoms with Crippen molar-refractivity contribution >= 4 is 10.9 Å². The quantitative estimate of drug-likeness (QED) is 0.494. The Morgan fingerprint density at radius 3 is 2.19 bits per heavy atom. The van der Waals surface area contributed by atoms with Crippen LogP contribution in [0.1, 0.15) is 31.4 Å². The van der Waals surface area contributed by atoms with Gasteiger partial charge in [-0.25, -0.2) is 0 Å². The molecule has 3 rings (SSSR count). The zero-order chi connectivity index (χ0) is 18.4. The van der Waals surface area contributed by atoms with Crippen molar-refractivity contribution in [2.75, 3.05) is 0 Å². The van der Waals surface area contributed by atoms with Crippen LogP contribution in [0, 0.1) is 19.9 Å². The minimum absolute atomic E-state index is 0. The van der Waals surface area contributed by atoms with Crippen LogP contribution < -0.4 is 0 Å². The number of fused-ring (bicyclic) bond motifs is 1. The molecule has 2 N–H and O–H groups in total. The second-order valence-corrected chi connectivity index (χ2v) is 6.54. The van der Waals surface area contributed by atoms with Gasteiger partial charge in [-0.15, -0.1) is 34.9 Å². The molecule has 0 bridgehead atoms. The molecule has 0 aliphatic heterocycles. The van der Waals surface area contributed by atoms with Crippen LogP contribution in [0.3, 0.4) is 0 Å². The molecule has 0 saturated heterocycles. The van der Waals surface area contributed by atoms with Crippen molar-refractivity contribution in [1.82, 2.24) is 4.98 Å². The van der Waals surface area contributed by atoms with E-state index in [4.69, 9.17) is 10.2 Å². The molecule has 4 heteroatoms. The van der Waals surface area contributed by atoms with Gasteiger partial charge in [0, 0.05) is 20.1 Å². The molecule has 2 atom stereocenters. The number of aliphatic hydroxyl groups excluding tert-OH is 2. The van der Waals surface area contributed by atoms with E-state index in [1.54, 1.807) is 13.8 Å². The second-order valence-electron chi connectivity index (χ2n) is 6.54. The summed E-state index contributed by atoms with van der Waals surface area (Å²) < 4.78 is 0. The topological polar surface area (TPSA) is 53.4 Å². The molecule has 26 heavy (non-hydrogen) atoms. The molecule has 1 radical (unpaired) electrons. The van der Waals surface area contributed by atoms with Gasteiger partial charge in [0.1, 0.15) is 0 Å².